The van der Waals surface area contributed by atoms with Crippen molar-refractivity contribution in [3.8, 4) is 5.88 Å². The Balaban J connectivity index is 1.48. The topological polar surface area (TPSA) is 112 Å². The normalized spacial score (nSPS) is 20.0. The van der Waals surface area contributed by atoms with Crippen molar-refractivity contribution in [2.45, 2.75) is 63.0 Å². The van der Waals surface area contributed by atoms with Crippen LogP contribution in [0.25, 0.3) is 0 Å². The van der Waals surface area contributed by atoms with Crippen molar-refractivity contribution in [3.05, 3.63) is 32.9 Å². The molecule has 2 aliphatic carbocycles. The minimum Gasteiger partial charge on any atom is -0.469 e. The van der Waals surface area contributed by atoms with Gasteiger partial charge in [-0.15, -0.1) is 4.36 Å². The average molecular weight is 480 g/mol. The van der Waals surface area contributed by atoms with Crippen molar-refractivity contribution in [2.75, 3.05) is 5.32 Å². The number of ether oxygens (including phenoxy) is 1. The molecular formula is C19H22BrN5O3S. The number of rotatable bonds is 2. The van der Waals surface area contributed by atoms with E-state index in [0.29, 0.717) is 12.4 Å². The van der Waals surface area contributed by atoms with Crippen LogP contribution >= 0.6 is 15.9 Å². The van der Waals surface area contributed by atoms with Gasteiger partial charge in [-0.2, -0.15) is 5.10 Å². The molecular weight excluding hydrogens is 458 g/mol. The lowest BCUT2D eigenvalue weighted by Crippen LogP contribution is -2.27. The molecule has 8 nitrogen and oxygen atoms in total. The highest BCUT2D eigenvalue weighted by Gasteiger charge is 2.36. The van der Waals surface area contributed by atoms with Gasteiger partial charge in [0.25, 0.3) is 0 Å². The van der Waals surface area contributed by atoms with Crippen LogP contribution in [0, 0.1) is 0 Å². The Labute approximate surface area is 177 Å². The lowest BCUT2D eigenvalue weighted by molar-refractivity contribution is 0.132. The first-order valence-electron chi connectivity index (χ1n) is 9.62. The Hall–Kier alpha value is -1.91. The summed E-state index contributed by atoms with van der Waals surface area (Å²) in [6.45, 7) is 4.32. The molecule has 3 N–H and O–H groups in total. The molecule has 10 heteroatoms. The van der Waals surface area contributed by atoms with E-state index in [0.717, 1.165) is 48.9 Å². The van der Waals surface area contributed by atoms with Gasteiger partial charge in [0.2, 0.25) is 5.88 Å². The highest BCUT2D eigenvalue weighted by Crippen LogP contribution is 2.45. The molecule has 0 spiro atoms. The Morgan fingerprint density at radius 3 is 2.66 bits per heavy atom. The largest absolute Gasteiger partial charge is 0.469 e. The van der Waals surface area contributed by atoms with E-state index in [1.807, 2.05) is 13.8 Å². The minimum atomic E-state index is -3.49. The number of carbonyl (C=O) groups excluding carboxylic acids is 1. The van der Waals surface area contributed by atoms with E-state index in [2.05, 4.69) is 30.7 Å². The van der Waals surface area contributed by atoms with Crippen molar-refractivity contribution >= 4 is 37.6 Å². The van der Waals surface area contributed by atoms with E-state index in [-0.39, 0.29) is 4.90 Å². The lowest BCUT2D eigenvalue weighted by Gasteiger charge is -2.27. The molecule has 2 amide bonds. The van der Waals surface area contributed by atoms with Crippen molar-refractivity contribution < 1.29 is 13.7 Å². The smallest absolute Gasteiger partial charge is 0.354 e. The van der Waals surface area contributed by atoms with E-state index >= 15 is 0 Å². The fraction of sp³-hybridized carbons (Fsp3) is 0.474. The number of aromatic nitrogens is 2. The Bertz CT molecular complexity index is 1190. The van der Waals surface area contributed by atoms with Gasteiger partial charge in [0, 0.05) is 10.2 Å². The van der Waals surface area contributed by atoms with Gasteiger partial charge < -0.3 is 10.1 Å². The number of halogens is 1. The predicted octanol–water partition coefficient (Wildman–Crippen LogP) is 3.34. The zero-order valence-electron chi connectivity index (χ0n) is 16.2. The van der Waals surface area contributed by atoms with Crippen LogP contribution in [0.3, 0.4) is 0 Å². The van der Waals surface area contributed by atoms with E-state index in [9.17, 15) is 9.00 Å². The maximum absolute atomic E-state index is 13.1. The molecule has 5 rings (SSSR count). The predicted molar refractivity (Wildman–Crippen MR) is 113 cm³/mol. The first kappa shape index (κ1) is 19.1. The molecule has 3 aliphatic rings. The molecule has 0 saturated heterocycles. The van der Waals surface area contributed by atoms with E-state index in [1.165, 1.54) is 21.8 Å². The van der Waals surface area contributed by atoms with Gasteiger partial charge in [0.05, 0.1) is 12.7 Å². The number of amides is 2. The van der Waals surface area contributed by atoms with Gasteiger partial charge in [0.1, 0.15) is 10.5 Å². The zero-order valence-corrected chi connectivity index (χ0v) is 18.7. The molecule has 1 aromatic carbocycles. The summed E-state index contributed by atoms with van der Waals surface area (Å²) in [6, 6.07) is -0.708. The highest BCUT2D eigenvalue weighted by molar-refractivity contribution is 9.10. The average Bonchev–Trinajstić information content (AvgIpc) is 3.24. The van der Waals surface area contributed by atoms with Crippen molar-refractivity contribution in [1.29, 1.82) is 0 Å². The third-order valence-electron chi connectivity index (χ3n) is 5.77. The summed E-state index contributed by atoms with van der Waals surface area (Å²) in [5, 5.41) is 13.0. The summed E-state index contributed by atoms with van der Waals surface area (Å²) >= 11 is 3.72. The molecule has 0 unspecified atom stereocenters. The van der Waals surface area contributed by atoms with Crippen LogP contribution in [0.4, 0.5) is 10.5 Å². The summed E-state index contributed by atoms with van der Waals surface area (Å²) < 4.78 is 25.5. The molecule has 0 radical (unpaired) electrons. The Kier molecular flexibility index (Phi) is 4.14. The number of urea groups is 1. The second-order valence-corrected chi connectivity index (χ2v) is 10.9. The number of nitrogens with one attached hydrogen (secondary N) is 1. The molecule has 154 valence electrons. The fourth-order valence-electron chi connectivity index (χ4n) is 4.40. The third-order valence-corrected chi connectivity index (χ3v) is 8.07. The number of nitrogens with zero attached hydrogens (tertiary/aromatic N) is 3. The molecule has 2 aromatic rings. The van der Waals surface area contributed by atoms with E-state index in [1.54, 1.807) is 4.68 Å². The van der Waals surface area contributed by atoms with E-state index in [4.69, 9.17) is 9.88 Å². The number of anilines is 1. The summed E-state index contributed by atoms with van der Waals surface area (Å²) in [7, 11) is -3.49. The summed E-state index contributed by atoms with van der Waals surface area (Å²) in [4.78, 5) is 12.9. The third kappa shape index (κ3) is 3.00. The summed E-state index contributed by atoms with van der Waals surface area (Å²) in [5.41, 5.74) is 5.15. The van der Waals surface area contributed by atoms with Crippen LogP contribution in [-0.2, 0) is 42.1 Å². The van der Waals surface area contributed by atoms with E-state index < -0.39 is 21.5 Å². The number of benzene rings is 1. The SMILES string of the molecule is CC1(C)Cn2ncc([S@](N)(=O)=NC(=O)Nc3c4c(c(Br)c5c3CC5)CCC4)c2O1. The maximum Gasteiger partial charge on any atom is 0.354 e. The van der Waals surface area contributed by atoms with Gasteiger partial charge in [-0.25, -0.2) is 18.8 Å². The Morgan fingerprint density at radius 1 is 1.28 bits per heavy atom. The molecule has 1 atom stereocenters. The Morgan fingerprint density at radius 2 is 1.93 bits per heavy atom. The quantitative estimate of drug-likeness (QED) is 0.687. The van der Waals surface area contributed by atoms with Gasteiger partial charge >= 0.3 is 6.03 Å². The minimum absolute atomic E-state index is 0.146. The number of hydrogen-bond acceptors (Lipinski definition) is 4. The van der Waals surface area contributed by atoms with Crippen molar-refractivity contribution in [3.63, 3.8) is 0 Å². The van der Waals surface area contributed by atoms with Crippen LogP contribution in [0.1, 0.15) is 42.5 Å². The molecule has 0 saturated carbocycles. The first-order valence-corrected chi connectivity index (χ1v) is 12.0. The van der Waals surface area contributed by atoms with Crippen LogP contribution in [0.5, 0.6) is 5.88 Å². The van der Waals surface area contributed by atoms with Gasteiger partial charge in [-0.05, 0) is 68.2 Å². The van der Waals surface area contributed by atoms with Crippen LogP contribution < -0.4 is 15.2 Å². The van der Waals surface area contributed by atoms with Crippen LogP contribution in [0.2, 0.25) is 0 Å². The summed E-state index contributed by atoms with van der Waals surface area (Å²) in [6.07, 6.45) is 6.23. The summed E-state index contributed by atoms with van der Waals surface area (Å²) in [5.74, 6) is 0.313. The number of nitrogens with two attached hydrogens (primary N) is 1. The van der Waals surface area contributed by atoms with Crippen molar-refractivity contribution in [1.82, 2.24) is 9.78 Å². The molecule has 29 heavy (non-hydrogen) atoms. The fourth-order valence-corrected chi connectivity index (χ4v) is 6.26. The second kappa shape index (κ2) is 6.29. The van der Waals surface area contributed by atoms with Gasteiger partial charge in [-0.3, -0.25) is 0 Å². The molecule has 0 fully saturated rings. The van der Waals surface area contributed by atoms with Crippen LogP contribution in [0.15, 0.2) is 19.9 Å². The monoisotopic (exact) mass is 479 g/mol. The zero-order chi connectivity index (χ0) is 20.6. The number of fused-ring (bicyclic) bond motifs is 3. The molecule has 1 aromatic heterocycles. The van der Waals surface area contributed by atoms with Crippen molar-refractivity contribution in [2.24, 2.45) is 9.50 Å². The molecule has 1 aliphatic heterocycles. The highest BCUT2D eigenvalue weighted by atomic mass is 79.9. The maximum atomic E-state index is 13.1. The number of hydrogen-bond donors (Lipinski definition) is 2. The van der Waals surface area contributed by atoms with Gasteiger partial charge in [-0.1, -0.05) is 15.9 Å². The lowest BCUT2D eigenvalue weighted by atomic mass is 9.83. The van der Waals surface area contributed by atoms with Gasteiger partial charge in [0.15, 0.2) is 9.92 Å². The standard InChI is InChI=1S/C19H22BrN5O3S/c1-19(2)9-25-17(28-19)14(8-22-25)29(21,27)24-18(26)23-16-12-5-3-4-10(12)15(20)11-6-7-13(11)16/h8H,3-7,9H2,1-2H3,(H3,21,23,24,26,27)/t29-/m1/s1. The first-order chi connectivity index (χ1) is 13.7. The van der Waals surface area contributed by atoms with Crippen LogP contribution in [-0.4, -0.2) is 25.6 Å². The second-order valence-electron chi connectivity index (χ2n) is 8.38. The number of carbonyl (C=O) groups is 1. The molecule has 0 bridgehead atoms. The molecule has 2 heterocycles.